The molecule has 22 heavy (non-hydrogen) atoms. The van der Waals surface area contributed by atoms with E-state index in [1.165, 1.54) is 7.11 Å². The smallest absolute Gasteiger partial charge is 0.327 e. The Balaban J connectivity index is 1.87. The van der Waals surface area contributed by atoms with Crippen LogP contribution in [0.5, 0.6) is 0 Å². The van der Waals surface area contributed by atoms with E-state index in [1.807, 2.05) is 24.3 Å². The summed E-state index contributed by atoms with van der Waals surface area (Å²) in [5, 5.41) is 4.18. The lowest BCUT2D eigenvalue weighted by atomic mass is 10.0. The molecular weight excluding hydrogens is 300 g/mol. The Morgan fingerprint density at radius 1 is 1.41 bits per heavy atom. The SMILES string of the molecule is COC(=O)C(NC1CCc2c(Cl)cccc21)c1cccnc1. The van der Waals surface area contributed by atoms with Crippen molar-refractivity contribution in [3.05, 3.63) is 64.4 Å². The van der Waals surface area contributed by atoms with E-state index in [1.54, 1.807) is 12.4 Å². The van der Waals surface area contributed by atoms with Crippen molar-refractivity contribution < 1.29 is 9.53 Å². The van der Waals surface area contributed by atoms with Gasteiger partial charge in [-0.05, 0) is 41.7 Å². The van der Waals surface area contributed by atoms with Crippen LogP contribution in [0, 0.1) is 0 Å². The number of halogens is 1. The molecule has 0 saturated heterocycles. The van der Waals surface area contributed by atoms with Crippen molar-refractivity contribution in [1.82, 2.24) is 10.3 Å². The minimum absolute atomic E-state index is 0.0815. The minimum Gasteiger partial charge on any atom is -0.468 e. The maximum absolute atomic E-state index is 12.1. The lowest BCUT2D eigenvalue weighted by molar-refractivity contribution is -0.143. The molecule has 1 aliphatic carbocycles. The zero-order chi connectivity index (χ0) is 15.5. The van der Waals surface area contributed by atoms with E-state index in [2.05, 4.69) is 16.4 Å². The highest BCUT2D eigenvalue weighted by molar-refractivity contribution is 6.31. The molecule has 0 saturated carbocycles. The number of methoxy groups -OCH3 is 1. The molecule has 0 bridgehead atoms. The van der Waals surface area contributed by atoms with Gasteiger partial charge in [0, 0.05) is 23.5 Å². The third-order valence-electron chi connectivity index (χ3n) is 4.04. The molecule has 2 aromatic rings. The maximum atomic E-state index is 12.1. The Morgan fingerprint density at radius 3 is 3.00 bits per heavy atom. The summed E-state index contributed by atoms with van der Waals surface area (Å²) in [6.07, 6.45) is 5.19. The van der Waals surface area contributed by atoms with Crippen molar-refractivity contribution in [2.75, 3.05) is 7.11 Å². The summed E-state index contributed by atoms with van der Waals surface area (Å²) in [6, 6.07) is 9.14. The third-order valence-corrected chi connectivity index (χ3v) is 4.39. The van der Waals surface area contributed by atoms with E-state index in [9.17, 15) is 4.79 Å². The summed E-state index contributed by atoms with van der Waals surface area (Å²) < 4.78 is 4.93. The molecule has 1 N–H and O–H groups in total. The standard InChI is InChI=1S/C17H17ClN2O2/c1-22-17(21)16(11-4-3-9-19-10-11)20-15-8-7-12-13(15)5-2-6-14(12)18/h2-6,9-10,15-16,20H,7-8H2,1H3. The number of carbonyl (C=O) groups is 1. The van der Waals surface area contributed by atoms with E-state index >= 15 is 0 Å². The largest absolute Gasteiger partial charge is 0.468 e. The first kappa shape index (κ1) is 15.0. The van der Waals surface area contributed by atoms with E-state index in [4.69, 9.17) is 16.3 Å². The number of nitrogens with one attached hydrogen (secondary N) is 1. The molecular formula is C17H17ClN2O2. The van der Waals surface area contributed by atoms with Gasteiger partial charge in [0.25, 0.3) is 0 Å². The van der Waals surface area contributed by atoms with Gasteiger partial charge in [-0.25, -0.2) is 4.79 Å². The van der Waals surface area contributed by atoms with E-state index < -0.39 is 6.04 Å². The summed E-state index contributed by atoms with van der Waals surface area (Å²) in [7, 11) is 1.40. The molecule has 114 valence electrons. The van der Waals surface area contributed by atoms with Crippen LogP contribution in [0.4, 0.5) is 0 Å². The molecule has 0 radical (unpaired) electrons. The van der Waals surface area contributed by atoms with Crippen LogP contribution in [0.15, 0.2) is 42.7 Å². The second-order valence-electron chi connectivity index (χ2n) is 5.31. The third kappa shape index (κ3) is 2.85. The summed E-state index contributed by atoms with van der Waals surface area (Å²) in [5.74, 6) is -0.316. The predicted octanol–water partition coefficient (Wildman–Crippen LogP) is 3.23. The molecule has 1 aromatic heterocycles. The van der Waals surface area contributed by atoms with Crippen molar-refractivity contribution in [1.29, 1.82) is 0 Å². The Morgan fingerprint density at radius 2 is 2.27 bits per heavy atom. The summed E-state index contributed by atoms with van der Waals surface area (Å²) in [4.78, 5) is 16.2. The number of ether oxygens (including phenoxy) is 1. The number of esters is 1. The van der Waals surface area contributed by atoms with E-state index in [0.717, 1.165) is 34.6 Å². The highest BCUT2D eigenvalue weighted by Gasteiger charge is 2.30. The van der Waals surface area contributed by atoms with Gasteiger partial charge in [-0.2, -0.15) is 0 Å². The molecule has 0 spiro atoms. The number of pyridine rings is 1. The first-order valence-electron chi connectivity index (χ1n) is 7.22. The van der Waals surface area contributed by atoms with Gasteiger partial charge in [0.15, 0.2) is 0 Å². The van der Waals surface area contributed by atoms with Gasteiger partial charge in [0.1, 0.15) is 6.04 Å². The monoisotopic (exact) mass is 316 g/mol. The van der Waals surface area contributed by atoms with Crippen LogP contribution in [0.1, 0.15) is 35.2 Å². The fourth-order valence-corrected chi connectivity index (χ4v) is 3.23. The van der Waals surface area contributed by atoms with Gasteiger partial charge in [0.2, 0.25) is 0 Å². The van der Waals surface area contributed by atoms with Crippen LogP contribution < -0.4 is 5.32 Å². The highest BCUT2D eigenvalue weighted by atomic mass is 35.5. The highest BCUT2D eigenvalue weighted by Crippen LogP contribution is 2.36. The predicted molar refractivity (Wildman–Crippen MR) is 84.6 cm³/mol. The molecule has 0 amide bonds. The molecule has 1 heterocycles. The van der Waals surface area contributed by atoms with Crippen LogP contribution in [0.25, 0.3) is 0 Å². The maximum Gasteiger partial charge on any atom is 0.327 e. The fourth-order valence-electron chi connectivity index (χ4n) is 2.95. The zero-order valence-corrected chi connectivity index (χ0v) is 13.0. The number of benzene rings is 1. The van der Waals surface area contributed by atoms with E-state index in [0.29, 0.717) is 0 Å². The number of fused-ring (bicyclic) bond motifs is 1. The van der Waals surface area contributed by atoms with Crippen LogP contribution in [0.3, 0.4) is 0 Å². The van der Waals surface area contributed by atoms with Gasteiger partial charge in [-0.1, -0.05) is 29.8 Å². The lowest BCUT2D eigenvalue weighted by Gasteiger charge is -2.22. The van der Waals surface area contributed by atoms with Crippen LogP contribution in [-0.2, 0) is 16.0 Å². The zero-order valence-electron chi connectivity index (χ0n) is 12.3. The normalized spacial score (nSPS) is 17.8. The average molecular weight is 317 g/mol. The Labute approximate surface area is 134 Å². The fraction of sp³-hybridized carbons (Fsp3) is 0.294. The first-order valence-corrected chi connectivity index (χ1v) is 7.59. The molecule has 0 fully saturated rings. The van der Waals surface area contributed by atoms with Crippen LogP contribution in [-0.4, -0.2) is 18.1 Å². The van der Waals surface area contributed by atoms with Crippen molar-refractivity contribution in [3.63, 3.8) is 0 Å². The molecule has 3 rings (SSSR count). The minimum atomic E-state index is -0.534. The second kappa shape index (κ2) is 6.46. The van der Waals surface area contributed by atoms with Gasteiger partial charge in [-0.15, -0.1) is 0 Å². The molecule has 1 aromatic carbocycles. The van der Waals surface area contributed by atoms with Crippen molar-refractivity contribution >= 4 is 17.6 Å². The van der Waals surface area contributed by atoms with Crippen molar-refractivity contribution in [3.8, 4) is 0 Å². The van der Waals surface area contributed by atoms with Gasteiger partial charge >= 0.3 is 5.97 Å². The summed E-state index contributed by atoms with van der Waals surface area (Å²) in [5.41, 5.74) is 3.12. The molecule has 2 unspecified atom stereocenters. The number of rotatable bonds is 4. The number of hydrogen-bond donors (Lipinski definition) is 1. The number of carbonyl (C=O) groups excluding carboxylic acids is 1. The Hall–Kier alpha value is -1.91. The number of aromatic nitrogens is 1. The van der Waals surface area contributed by atoms with Crippen molar-refractivity contribution in [2.24, 2.45) is 0 Å². The molecule has 4 nitrogen and oxygen atoms in total. The topological polar surface area (TPSA) is 51.2 Å². The quantitative estimate of drug-likeness (QED) is 0.880. The van der Waals surface area contributed by atoms with E-state index in [-0.39, 0.29) is 12.0 Å². The molecule has 0 aliphatic heterocycles. The first-order chi connectivity index (χ1) is 10.7. The Bertz CT molecular complexity index is 676. The Kier molecular flexibility index (Phi) is 4.41. The summed E-state index contributed by atoms with van der Waals surface area (Å²) >= 11 is 6.25. The second-order valence-corrected chi connectivity index (χ2v) is 5.72. The van der Waals surface area contributed by atoms with Gasteiger partial charge in [0.05, 0.1) is 7.11 Å². The lowest BCUT2D eigenvalue weighted by Crippen LogP contribution is -2.32. The van der Waals surface area contributed by atoms with Gasteiger partial charge in [-0.3, -0.25) is 10.3 Å². The average Bonchev–Trinajstić information content (AvgIpc) is 2.97. The van der Waals surface area contributed by atoms with Gasteiger partial charge < -0.3 is 4.74 Å². The number of hydrogen-bond acceptors (Lipinski definition) is 4. The van der Waals surface area contributed by atoms with Crippen LogP contribution in [0.2, 0.25) is 5.02 Å². The molecule has 2 atom stereocenters. The van der Waals surface area contributed by atoms with Crippen molar-refractivity contribution in [2.45, 2.75) is 24.9 Å². The molecule has 1 aliphatic rings. The summed E-state index contributed by atoms with van der Waals surface area (Å²) in [6.45, 7) is 0. The number of nitrogens with zero attached hydrogens (tertiary/aromatic N) is 1. The van der Waals surface area contributed by atoms with Crippen LogP contribution >= 0.6 is 11.6 Å². The molecule has 5 heteroatoms.